The molecule has 2 rings (SSSR count). The lowest BCUT2D eigenvalue weighted by Gasteiger charge is -2.01. The molecule has 5 heteroatoms. The average Bonchev–Trinajstić information content (AvgIpc) is 2.77. The molecule has 1 aromatic carbocycles. The summed E-state index contributed by atoms with van der Waals surface area (Å²) in [5.74, 6) is -0.366. The normalized spacial score (nSPS) is 10.1. The van der Waals surface area contributed by atoms with Crippen LogP contribution in [0.25, 0.3) is 11.1 Å². The summed E-state index contributed by atoms with van der Waals surface area (Å²) < 4.78 is 9.17. The number of carbonyl (C=O) groups is 1. The van der Waals surface area contributed by atoms with Gasteiger partial charge in [0, 0.05) is 5.38 Å². The van der Waals surface area contributed by atoms with Crippen molar-refractivity contribution in [2.75, 3.05) is 7.11 Å². The van der Waals surface area contributed by atoms with Crippen molar-refractivity contribution in [2.45, 2.75) is 0 Å². The Bertz CT molecular complexity index is 504. The number of nitrogens with zero attached hydrogens (tertiary/aromatic N) is 1. The second-order valence-corrected chi connectivity index (χ2v) is 3.75. The van der Waals surface area contributed by atoms with E-state index in [0.717, 1.165) is 11.1 Å². The molecule has 0 aliphatic carbocycles. The van der Waals surface area contributed by atoms with Crippen LogP contribution in [-0.2, 0) is 0 Å². The topological polar surface area (TPSA) is 59.4 Å². The van der Waals surface area contributed by atoms with Gasteiger partial charge in [-0.25, -0.2) is 4.79 Å². The summed E-state index contributed by atoms with van der Waals surface area (Å²) in [5.41, 5.74) is 2.05. The van der Waals surface area contributed by atoms with Crippen molar-refractivity contribution in [3.63, 3.8) is 0 Å². The highest BCUT2D eigenvalue weighted by atomic mass is 32.1. The highest BCUT2D eigenvalue weighted by Gasteiger charge is 2.09. The zero-order valence-electron chi connectivity index (χ0n) is 8.51. The summed E-state index contributed by atoms with van der Waals surface area (Å²) in [6, 6.07) is 6.62. The molecule has 1 heterocycles. The van der Waals surface area contributed by atoms with E-state index in [1.54, 1.807) is 31.4 Å². The van der Waals surface area contributed by atoms with Gasteiger partial charge in [-0.1, -0.05) is 12.1 Å². The third kappa shape index (κ3) is 1.90. The van der Waals surface area contributed by atoms with Crippen molar-refractivity contribution >= 4 is 17.5 Å². The molecule has 0 atom stereocenters. The van der Waals surface area contributed by atoms with E-state index in [1.807, 2.05) is 5.38 Å². The van der Waals surface area contributed by atoms with Crippen molar-refractivity contribution < 1.29 is 14.6 Å². The number of benzene rings is 1. The fourth-order valence-corrected chi connectivity index (χ4v) is 2.02. The molecule has 4 nitrogen and oxygen atoms in total. The van der Waals surface area contributed by atoms with E-state index in [2.05, 4.69) is 4.37 Å². The van der Waals surface area contributed by atoms with E-state index < -0.39 is 5.97 Å². The van der Waals surface area contributed by atoms with Gasteiger partial charge < -0.3 is 9.84 Å². The maximum atomic E-state index is 10.7. The highest BCUT2D eigenvalue weighted by molar-refractivity contribution is 7.04. The highest BCUT2D eigenvalue weighted by Crippen LogP contribution is 2.30. The summed E-state index contributed by atoms with van der Waals surface area (Å²) in [5, 5.41) is 10.6. The number of hydrogen-bond donors (Lipinski definition) is 1. The standard InChI is InChI=1S/C11H9NO3S/c1-15-10-9(6-16-12-10)7-2-4-8(5-3-7)11(13)14/h2-6H,1H3,(H,13,14). The molecule has 0 fully saturated rings. The van der Waals surface area contributed by atoms with Crippen molar-refractivity contribution in [1.29, 1.82) is 0 Å². The molecule has 1 N–H and O–H groups in total. The molecule has 82 valence electrons. The van der Waals surface area contributed by atoms with Gasteiger partial charge >= 0.3 is 5.97 Å². The van der Waals surface area contributed by atoms with E-state index in [0.29, 0.717) is 5.88 Å². The number of rotatable bonds is 3. The van der Waals surface area contributed by atoms with Gasteiger partial charge in [0.05, 0.1) is 18.2 Å². The SMILES string of the molecule is COc1nscc1-c1ccc(C(=O)O)cc1. The lowest BCUT2D eigenvalue weighted by atomic mass is 10.1. The van der Waals surface area contributed by atoms with E-state index in [9.17, 15) is 4.79 Å². The second-order valence-electron chi connectivity index (χ2n) is 3.12. The number of aromatic carboxylic acids is 1. The Labute approximate surface area is 96.3 Å². The summed E-state index contributed by atoms with van der Waals surface area (Å²) in [7, 11) is 1.56. The summed E-state index contributed by atoms with van der Waals surface area (Å²) in [6.45, 7) is 0. The van der Waals surface area contributed by atoms with Gasteiger partial charge in [0.15, 0.2) is 0 Å². The first kappa shape index (κ1) is 10.6. The van der Waals surface area contributed by atoms with Gasteiger partial charge in [0.2, 0.25) is 5.88 Å². The zero-order chi connectivity index (χ0) is 11.5. The van der Waals surface area contributed by atoms with E-state index in [1.165, 1.54) is 11.5 Å². The smallest absolute Gasteiger partial charge is 0.335 e. The molecule has 0 saturated carbocycles. The fourth-order valence-electron chi connectivity index (χ4n) is 1.36. The minimum absolute atomic E-state index is 0.269. The molecular weight excluding hydrogens is 226 g/mol. The lowest BCUT2D eigenvalue weighted by Crippen LogP contribution is -1.95. The molecule has 2 aromatic rings. The first-order valence-corrected chi connectivity index (χ1v) is 5.38. The van der Waals surface area contributed by atoms with Gasteiger partial charge in [0.1, 0.15) is 0 Å². The average molecular weight is 235 g/mol. The van der Waals surface area contributed by atoms with Crippen LogP contribution in [-0.4, -0.2) is 22.6 Å². The van der Waals surface area contributed by atoms with E-state index in [-0.39, 0.29) is 5.56 Å². The first-order valence-electron chi connectivity index (χ1n) is 4.54. The Morgan fingerprint density at radius 2 is 2.06 bits per heavy atom. The summed E-state index contributed by atoms with van der Waals surface area (Å²) in [4.78, 5) is 10.7. The number of aromatic nitrogens is 1. The van der Waals surface area contributed by atoms with Crippen LogP contribution < -0.4 is 4.74 Å². The van der Waals surface area contributed by atoms with E-state index >= 15 is 0 Å². The van der Waals surface area contributed by atoms with Crippen molar-refractivity contribution in [3.05, 3.63) is 35.2 Å². The van der Waals surface area contributed by atoms with Crippen molar-refractivity contribution in [1.82, 2.24) is 4.37 Å². The third-order valence-corrected chi connectivity index (χ3v) is 2.79. The van der Waals surface area contributed by atoms with Crippen LogP contribution in [0.4, 0.5) is 0 Å². The Morgan fingerprint density at radius 1 is 1.38 bits per heavy atom. The second kappa shape index (κ2) is 4.32. The minimum atomic E-state index is -0.929. The third-order valence-electron chi connectivity index (χ3n) is 2.17. The largest absolute Gasteiger partial charge is 0.480 e. The molecule has 0 spiro atoms. The van der Waals surface area contributed by atoms with Crippen LogP contribution in [0.2, 0.25) is 0 Å². The maximum absolute atomic E-state index is 10.7. The van der Waals surface area contributed by atoms with Gasteiger partial charge in [-0.15, -0.1) is 0 Å². The van der Waals surface area contributed by atoms with E-state index in [4.69, 9.17) is 9.84 Å². The number of carboxylic acid groups (broad SMARTS) is 1. The number of ether oxygens (including phenoxy) is 1. The van der Waals surface area contributed by atoms with Crippen LogP contribution >= 0.6 is 11.5 Å². The maximum Gasteiger partial charge on any atom is 0.335 e. The van der Waals surface area contributed by atoms with Crippen LogP contribution in [0.3, 0.4) is 0 Å². The minimum Gasteiger partial charge on any atom is -0.480 e. The van der Waals surface area contributed by atoms with Crippen molar-refractivity contribution in [3.8, 4) is 17.0 Å². The Morgan fingerprint density at radius 3 is 2.62 bits per heavy atom. The number of methoxy groups -OCH3 is 1. The fraction of sp³-hybridized carbons (Fsp3) is 0.0909. The Hall–Kier alpha value is -1.88. The van der Waals surface area contributed by atoms with Crippen LogP contribution in [0.5, 0.6) is 5.88 Å². The Balaban J connectivity index is 2.38. The number of carboxylic acids is 1. The quantitative estimate of drug-likeness (QED) is 0.888. The predicted molar refractivity (Wildman–Crippen MR) is 61.1 cm³/mol. The molecule has 0 aliphatic rings. The molecule has 0 unspecified atom stereocenters. The monoisotopic (exact) mass is 235 g/mol. The van der Waals surface area contributed by atoms with Gasteiger partial charge in [0.25, 0.3) is 0 Å². The number of hydrogen-bond acceptors (Lipinski definition) is 4. The molecule has 0 amide bonds. The van der Waals surface area contributed by atoms with Gasteiger partial charge in [-0.05, 0) is 29.2 Å². The molecule has 16 heavy (non-hydrogen) atoms. The molecule has 1 aromatic heterocycles. The van der Waals surface area contributed by atoms with Crippen LogP contribution in [0, 0.1) is 0 Å². The molecule has 0 aliphatic heterocycles. The predicted octanol–water partition coefficient (Wildman–Crippen LogP) is 2.52. The summed E-state index contributed by atoms with van der Waals surface area (Å²) in [6.07, 6.45) is 0. The zero-order valence-corrected chi connectivity index (χ0v) is 9.32. The van der Waals surface area contributed by atoms with Crippen LogP contribution in [0.15, 0.2) is 29.6 Å². The van der Waals surface area contributed by atoms with Crippen molar-refractivity contribution in [2.24, 2.45) is 0 Å². The molecular formula is C11H9NO3S. The van der Waals surface area contributed by atoms with Gasteiger partial charge in [-0.2, -0.15) is 4.37 Å². The molecule has 0 radical (unpaired) electrons. The lowest BCUT2D eigenvalue weighted by molar-refractivity contribution is 0.0697. The summed E-state index contributed by atoms with van der Waals surface area (Å²) >= 11 is 1.30. The molecule has 0 bridgehead atoms. The van der Waals surface area contributed by atoms with Gasteiger partial charge in [-0.3, -0.25) is 0 Å². The first-order chi connectivity index (χ1) is 7.72. The van der Waals surface area contributed by atoms with Crippen LogP contribution in [0.1, 0.15) is 10.4 Å². The molecule has 0 saturated heterocycles. The Kier molecular flexibility index (Phi) is 2.87.